The fourth-order valence-corrected chi connectivity index (χ4v) is 2.20. The Balaban J connectivity index is 1.61. The summed E-state index contributed by atoms with van der Waals surface area (Å²) in [6.07, 6.45) is 0. The predicted molar refractivity (Wildman–Crippen MR) is 93.4 cm³/mol. The lowest BCUT2D eigenvalue weighted by Gasteiger charge is -2.07. The molecule has 0 radical (unpaired) electrons. The molecule has 1 N–H and O–H groups in total. The maximum absolute atomic E-state index is 12.1. The zero-order valence-electron chi connectivity index (χ0n) is 14.3. The molecule has 0 fully saturated rings. The number of nitrogens with one attached hydrogen (secondary N) is 1. The molecular weight excluding hydrogens is 338 g/mol. The van der Waals surface area contributed by atoms with Gasteiger partial charge in [0.1, 0.15) is 17.2 Å². The molecule has 2 aromatic carbocycles. The second-order valence-corrected chi connectivity index (χ2v) is 5.20. The van der Waals surface area contributed by atoms with E-state index in [1.165, 1.54) is 0 Å². The van der Waals surface area contributed by atoms with Crippen molar-refractivity contribution in [3.8, 4) is 28.5 Å². The summed E-state index contributed by atoms with van der Waals surface area (Å²) in [4.78, 5) is 12.1. The highest BCUT2D eigenvalue weighted by atomic mass is 16.6. The molecule has 0 bridgehead atoms. The van der Waals surface area contributed by atoms with E-state index < -0.39 is 0 Å². The summed E-state index contributed by atoms with van der Waals surface area (Å²) in [5.41, 5.74) is 1.16. The topological polar surface area (TPSA) is 95.7 Å². The van der Waals surface area contributed by atoms with Crippen LogP contribution in [0.25, 0.3) is 11.3 Å². The van der Waals surface area contributed by atoms with Crippen LogP contribution in [0.2, 0.25) is 0 Å². The first-order chi connectivity index (χ1) is 12.7. The Bertz CT molecular complexity index is 859. The van der Waals surface area contributed by atoms with E-state index >= 15 is 0 Å². The maximum Gasteiger partial charge on any atom is 0.263 e. The molecule has 0 saturated carbocycles. The second-order valence-electron chi connectivity index (χ2n) is 5.20. The molecule has 134 valence electrons. The summed E-state index contributed by atoms with van der Waals surface area (Å²) >= 11 is 0. The Kier molecular flexibility index (Phi) is 5.33. The van der Waals surface area contributed by atoms with Crippen LogP contribution in [-0.2, 0) is 4.79 Å². The molecule has 0 unspecified atom stereocenters. The molecule has 0 aliphatic carbocycles. The average Bonchev–Trinajstić information content (AvgIpc) is 3.15. The van der Waals surface area contributed by atoms with Crippen molar-refractivity contribution in [2.45, 2.75) is 0 Å². The number of carbonyl (C=O) groups excluding carboxylic acids is 1. The van der Waals surface area contributed by atoms with Crippen molar-refractivity contribution in [2.24, 2.45) is 0 Å². The fourth-order valence-electron chi connectivity index (χ4n) is 2.20. The number of anilines is 1. The van der Waals surface area contributed by atoms with Gasteiger partial charge in [0.05, 0.1) is 14.2 Å². The van der Waals surface area contributed by atoms with Gasteiger partial charge in [-0.1, -0.05) is 0 Å². The Morgan fingerprint density at radius 3 is 2.12 bits per heavy atom. The summed E-state index contributed by atoms with van der Waals surface area (Å²) in [6, 6.07) is 14.1. The third-order valence-electron chi connectivity index (χ3n) is 3.54. The zero-order chi connectivity index (χ0) is 18.4. The summed E-state index contributed by atoms with van der Waals surface area (Å²) in [7, 11) is 3.16. The lowest BCUT2D eigenvalue weighted by Crippen LogP contribution is -2.20. The summed E-state index contributed by atoms with van der Waals surface area (Å²) in [5, 5.41) is 10.2. The monoisotopic (exact) mass is 355 g/mol. The molecule has 8 heteroatoms. The summed E-state index contributed by atoms with van der Waals surface area (Å²) in [6.45, 7) is -0.179. The summed E-state index contributed by atoms with van der Waals surface area (Å²) < 4.78 is 20.4. The molecule has 0 aliphatic heterocycles. The minimum atomic E-state index is -0.383. The van der Waals surface area contributed by atoms with Crippen LogP contribution in [0.5, 0.6) is 17.2 Å². The van der Waals surface area contributed by atoms with Crippen LogP contribution in [0.4, 0.5) is 5.82 Å². The number of nitrogens with zero attached hydrogens (tertiary/aromatic N) is 2. The molecule has 1 heterocycles. The van der Waals surface area contributed by atoms with Gasteiger partial charge in [-0.3, -0.25) is 4.79 Å². The van der Waals surface area contributed by atoms with Crippen molar-refractivity contribution in [1.29, 1.82) is 0 Å². The smallest absolute Gasteiger partial charge is 0.263 e. The van der Waals surface area contributed by atoms with E-state index in [1.807, 2.05) is 0 Å². The molecule has 0 atom stereocenters. The standard InChI is InChI=1S/C18H17N3O5/c1-23-13-5-3-12(4-6-13)17-18(21-26-20-17)19-16(22)11-25-15-9-7-14(24-2)8-10-15/h3-10H,11H2,1-2H3,(H,19,21,22). The van der Waals surface area contributed by atoms with Crippen LogP contribution in [0.3, 0.4) is 0 Å². The minimum Gasteiger partial charge on any atom is -0.497 e. The molecule has 26 heavy (non-hydrogen) atoms. The summed E-state index contributed by atoms with van der Waals surface area (Å²) in [5.74, 6) is 1.81. The van der Waals surface area contributed by atoms with Crippen LogP contribution in [-0.4, -0.2) is 37.0 Å². The molecule has 8 nitrogen and oxygen atoms in total. The lowest BCUT2D eigenvalue weighted by atomic mass is 10.1. The average molecular weight is 355 g/mol. The minimum absolute atomic E-state index is 0.179. The number of aromatic nitrogens is 2. The van der Waals surface area contributed by atoms with Gasteiger partial charge >= 0.3 is 0 Å². The molecular formula is C18H17N3O5. The fraction of sp³-hybridized carbons (Fsp3) is 0.167. The number of ether oxygens (including phenoxy) is 3. The van der Waals surface area contributed by atoms with Gasteiger partial charge in [0.15, 0.2) is 12.3 Å². The highest BCUT2D eigenvalue weighted by Crippen LogP contribution is 2.26. The first-order valence-corrected chi connectivity index (χ1v) is 7.73. The van der Waals surface area contributed by atoms with Gasteiger partial charge in [-0.25, -0.2) is 4.63 Å². The Morgan fingerprint density at radius 1 is 0.923 bits per heavy atom. The quantitative estimate of drug-likeness (QED) is 0.696. The predicted octanol–water partition coefficient (Wildman–Crippen LogP) is 2.77. The number of rotatable bonds is 7. The first-order valence-electron chi connectivity index (χ1n) is 7.73. The van der Waals surface area contributed by atoms with Crippen molar-refractivity contribution in [3.05, 3.63) is 48.5 Å². The second kappa shape index (κ2) is 8.02. The Labute approximate surface area is 149 Å². The van der Waals surface area contributed by atoms with Crippen LogP contribution in [0.15, 0.2) is 53.2 Å². The number of carbonyl (C=O) groups is 1. The molecule has 3 aromatic rings. The van der Waals surface area contributed by atoms with Crippen LogP contribution >= 0.6 is 0 Å². The highest BCUT2D eigenvalue weighted by Gasteiger charge is 2.15. The van der Waals surface area contributed by atoms with E-state index in [0.29, 0.717) is 22.9 Å². The number of amides is 1. The van der Waals surface area contributed by atoms with Crippen molar-refractivity contribution in [3.63, 3.8) is 0 Å². The number of hydrogen-bond acceptors (Lipinski definition) is 7. The molecule has 0 spiro atoms. The van der Waals surface area contributed by atoms with Gasteiger partial charge in [0.25, 0.3) is 5.91 Å². The van der Waals surface area contributed by atoms with Crippen LogP contribution in [0.1, 0.15) is 0 Å². The van der Waals surface area contributed by atoms with Gasteiger partial charge < -0.3 is 19.5 Å². The van der Waals surface area contributed by atoms with E-state index in [1.54, 1.807) is 62.8 Å². The van der Waals surface area contributed by atoms with Crippen molar-refractivity contribution < 1.29 is 23.6 Å². The van der Waals surface area contributed by atoms with Crippen molar-refractivity contribution >= 4 is 11.7 Å². The van der Waals surface area contributed by atoms with E-state index in [4.69, 9.17) is 18.8 Å². The maximum atomic E-state index is 12.1. The molecule has 1 amide bonds. The molecule has 0 aliphatic rings. The number of benzene rings is 2. The Morgan fingerprint density at radius 2 is 1.50 bits per heavy atom. The van der Waals surface area contributed by atoms with Gasteiger partial charge in [0.2, 0.25) is 5.82 Å². The van der Waals surface area contributed by atoms with Gasteiger partial charge in [-0.2, -0.15) is 0 Å². The van der Waals surface area contributed by atoms with Crippen LogP contribution < -0.4 is 19.5 Å². The van der Waals surface area contributed by atoms with Crippen LogP contribution in [0, 0.1) is 0 Å². The zero-order valence-corrected chi connectivity index (χ0v) is 14.3. The largest absolute Gasteiger partial charge is 0.497 e. The van der Waals surface area contributed by atoms with E-state index in [-0.39, 0.29) is 18.3 Å². The number of methoxy groups -OCH3 is 2. The van der Waals surface area contributed by atoms with E-state index in [9.17, 15) is 4.79 Å². The Hall–Kier alpha value is -3.55. The molecule has 0 saturated heterocycles. The lowest BCUT2D eigenvalue weighted by molar-refractivity contribution is -0.118. The SMILES string of the molecule is COc1ccc(OCC(=O)Nc2nonc2-c2ccc(OC)cc2)cc1. The molecule has 3 rings (SSSR count). The third-order valence-corrected chi connectivity index (χ3v) is 3.54. The first kappa shape index (κ1) is 17.3. The van der Waals surface area contributed by atoms with Gasteiger partial charge in [-0.05, 0) is 58.8 Å². The van der Waals surface area contributed by atoms with E-state index in [0.717, 1.165) is 5.56 Å². The molecule has 1 aromatic heterocycles. The number of hydrogen-bond donors (Lipinski definition) is 1. The third kappa shape index (κ3) is 4.10. The van der Waals surface area contributed by atoms with E-state index in [2.05, 4.69) is 15.6 Å². The highest BCUT2D eigenvalue weighted by molar-refractivity contribution is 5.94. The van der Waals surface area contributed by atoms with Gasteiger partial charge in [-0.15, -0.1) is 0 Å². The van der Waals surface area contributed by atoms with Gasteiger partial charge in [0, 0.05) is 5.56 Å². The van der Waals surface area contributed by atoms with Crippen molar-refractivity contribution in [2.75, 3.05) is 26.1 Å². The normalized spacial score (nSPS) is 10.2. The van der Waals surface area contributed by atoms with Crippen molar-refractivity contribution in [1.82, 2.24) is 10.3 Å².